The van der Waals surface area contributed by atoms with Crippen molar-refractivity contribution in [2.45, 2.75) is 12.8 Å². The van der Waals surface area contributed by atoms with Crippen molar-refractivity contribution in [3.63, 3.8) is 0 Å². The molecule has 5 N–H and O–H groups in total. The summed E-state index contributed by atoms with van der Waals surface area (Å²) >= 11 is 5.32. The van der Waals surface area contributed by atoms with Crippen molar-refractivity contribution in [1.82, 2.24) is 20.8 Å². The highest BCUT2D eigenvalue weighted by atomic mass is 32.1. The van der Waals surface area contributed by atoms with Gasteiger partial charge in [0, 0.05) is 51.4 Å². The lowest BCUT2D eigenvalue weighted by atomic mass is 9.84. The fourth-order valence-electron chi connectivity index (χ4n) is 5.00. The molecule has 0 radical (unpaired) electrons. The smallest absolute Gasteiger partial charge is 0.269 e. The molecule has 6 rings (SSSR count). The number of amides is 1. The summed E-state index contributed by atoms with van der Waals surface area (Å²) < 4.78 is 0. The highest BCUT2D eigenvalue weighted by Gasteiger charge is 2.23. The number of nitrogens with one attached hydrogen (secondary N) is 5. The van der Waals surface area contributed by atoms with Crippen molar-refractivity contribution in [3.8, 4) is 0 Å². The SMILES string of the molecule is Cc1ccc(NC(=S)NNC(=O)c2ccc(C(c3c[nH]c4ccccc34)c3c[nH]c4ccccc34)cc2)cc1. The predicted octanol–water partition coefficient (Wildman–Crippen LogP) is 6.77. The molecular weight excluding hydrogens is 502 g/mol. The van der Waals surface area contributed by atoms with E-state index in [0.717, 1.165) is 27.8 Å². The van der Waals surface area contributed by atoms with E-state index in [9.17, 15) is 4.79 Å². The lowest BCUT2D eigenvalue weighted by Gasteiger charge is -2.18. The number of rotatable bonds is 5. The molecule has 0 saturated heterocycles. The number of hydrogen-bond donors (Lipinski definition) is 5. The number of thiocarbonyl (C=S) groups is 1. The average Bonchev–Trinajstić information content (AvgIpc) is 3.59. The van der Waals surface area contributed by atoms with Gasteiger partial charge in [-0.05, 0) is 72.2 Å². The molecule has 39 heavy (non-hydrogen) atoms. The topological polar surface area (TPSA) is 84.7 Å². The molecule has 0 atom stereocenters. The van der Waals surface area contributed by atoms with Crippen molar-refractivity contribution >= 4 is 50.7 Å². The Morgan fingerprint density at radius 2 is 1.28 bits per heavy atom. The van der Waals surface area contributed by atoms with Gasteiger partial charge in [0.05, 0.1) is 0 Å². The maximum atomic E-state index is 12.9. The Balaban J connectivity index is 1.25. The van der Waals surface area contributed by atoms with Crippen molar-refractivity contribution < 1.29 is 4.79 Å². The molecule has 0 saturated carbocycles. The number of H-pyrrole nitrogens is 2. The van der Waals surface area contributed by atoms with Gasteiger partial charge in [0.25, 0.3) is 5.91 Å². The van der Waals surface area contributed by atoms with Crippen molar-refractivity contribution in [1.29, 1.82) is 0 Å². The summed E-state index contributed by atoms with van der Waals surface area (Å²) in [6, 6.07) is 32.2. The lowest BCUT2D eigenvalue weighted by molar-refractivity contribution is 0.0944. The second kappa shape index (κ2) is 10.5. The van der Waals surface area contributed by atoms with Crippen LogP contribution >= 0.6 is 12.2 Å². The third-order valence-electron chi connectivity index (χ3n) is 6.97. The van der Waals surface area contributed by atoms with Gasteiger partial charge >= 0.3 is 0 Å². The van der Waals surface area contributed by atoms with Crippen LogP contribution in [0.25, 0.3) is 21.8 Å². The first-order valence-electron chi connectivity index (χ1n) is 12.7. The Hall–Kier alpha value is -4.88. The first-order valence-corrected chi connectivity index (χ1v) is 13.1. The number of aromatic amines is 2. The number of carbonyl (C=O) groups is 1. The van der Waals surface area contributed by atoms with Crippen LogP contribution in [-0.4, -0.2) is 21.0 Å². The van der Waals surface area contributed by atoms with Crippen LogP contribution in [0.4, 0.5) is 5.69 Å². The minimum atomic E-state index is -0.273. The minimum absolute atomic E-state index is 0.0289. The van der Waals surface area contributed by atoms with Gasteiger partial charge in [-0.2, -0.15) is 0 Å². The van der Waals surface area contributed by atoms with Crippen LogP contribution in [0.1, 0.15) is 38.5 Å². The van der Waals surface area contributed by atoms with E-state index < -0.39 is 0 Å². The fourth-order valence-corrected chi connectivity index (χ4v) is 5.17. The van der Waals surface area contributed by atoms with Gasteiger partial charge < -0.3 is 15.3 Å². The van der Waals surface area contributed by atoms with E-state index in [0.29, 0.717) is 10.7 Å². The molecule has 0 aliphatic carbocycles. The number of aromatic nitrogens is 2. The molecule has 0 bridgehead atoms. The van der Waals surface area contributed by atoms with Crippen LogP contribution in [0, 0.1) is 6.92 Å². The van der Waals surface area contributed by atoms with E-state index in [1.807, 2.05) is 67.6 Å². The predicted molar refractivity (Wildman–Crippen MR) is 162 cm³/mol. The van der Waals surface area contributed by atoms with Crippen LogP contribution in [0.2, 0.25) is 0 Å². The number of fused-ring (bicyclic) bond motifs is 2. The zero-order valence-corrected chi connectivity index (χ0v) is 22.1. The summed E-state index contributed by atoms with van der Waals surface area (Å²) in [5.41, 5.74) is 13.6. The summed E-state index contributed by atoms with van der Waals surface area (Å²) in [6.07, 6.45) is 4.17. The van der Waals surface area contributed by atoms with Gasteiger partial charge in [-0.3, -0.25) is 15.6 Å². The van der Waals surface area contributed by atoms with E-state index in [4.69, 9.17) is 12.2 Å². The van der Waals surface area contributed by atoms with Crippen molar-refractivity contribution in [2.24, 2.45) is 0 Å². The van der Waals surface area contributed by atoms with Gasteiger partial charge in [-0.15, -0.1) is 0 Å². The van der Waals surface area contributed by atoms with Crippen molar-refractivity contribution in [2.75, 3.05) is 5.32 Å². The Morgan fingerprint density at radius 1 is 0.718 bits per heavy atom. The number of hydrogen-bond acceptors (Lipinski definition) is 2. The van der Waals surface area contributed by atoms with E-state index in [-0.39, 0.29) is 11.8 Å². The highest BCUT2D eigenvalue weighted by Crippen LogP contribution is 2.39. The molecule has 192 valence electrons. The molecule has 2 heterocycles. The average molecular weight is 530 g/mol. The summed E-state index contributed by atoms with van der Waals surface area (Å²) in [4.78, 5) is 19.7. The third-order valence-corrected chi connectivity index (χ3v) is 7.17. The molecule has 0 unspecified atom stereocenters. The third kappa shape index (κ3) is 5.00. The molecule has 0 fully saturated rings. The van der Waals surface area contributed by atoms with Crippen LogP contribution < -0.4 is 16.2 Å². The van der Waals surface area contributed by atoms with Crippen LogP contribution in [0.5, 0.6) is 0 Å². The number of carbonyl (C=O) groups excluding carboxylic acids is 1. The van der Waals surface area contributed by atoms with Gasteiger partial charge in [0.1, 0.15) is 0 Å². The highest BCUT2D eigenvalue weighted by molar-refractivity contribution is 7.80. The molecule has 7 heteroatoms. The van der Waals surface area contributed by atoms with Gasteiger partial charge in [-0.1, -0.05) is 66.2 Å². The van der Waals surface area contributed by atoms with Crippen LogP contribution in [0.3, 0.4) is 0 Å². The largest absolute Gasteiger partial charge is 0.361 e. The first kappa shape index (κ1) is 24.5. The second-order valence-corrected chi connectivity index (χ2v) is 9.94. The van der Waals surface area contributed by atoms with E-state index in [1.165, 1.54) is 21.9 Å². The molecule has 2 aromatic heterocycles. The molecule has 1 amide bonds. The molecule has 0 aliphatic rings. The Labute approximate surface area is 231 Å². The molecule has 0 spiro atoms. The first-order chi connectivity index (χ1) is 19.1. The number of aryl methyl sites for hydroxylation is 1. The van der Waals surface area contributed by atoms with Gasteiger partial charge in [0.15, 0.2) is 5.11 Å². The molecular formula is C32H27N5OS. The van der Waals surface area contributed by atoms with Gasteiger partial charge in [-0.25, -0.2) is 0 Å². The van der Waals surface area contributed by atoms with Crippen LogP contribution in [0.15, 0.2) is 109 Å². The number of benzene rings is 4. The zero-order valence-electron chi connectivity index (χ0n) is 21.3. The fraction of sp³-hybridized carbons (Fsp3) is 0.0625. The number of anilines is 1. The Morgan fingerprint density at radius 3 is 1.87 bits per heavy atom. The standard InChI is InChI=1S/C32H27N5OS/c1-20-10-16-23(17-11-20)35-32(39)37-36-31(38)22-14-12-21(13-15-22)30(26-18-33-28-8-4-2-6-24(26)28)27-19-34-29-9-5-3-7-25(27)29/h2-19,30,33-34H,1H3,(H,36,38)(H2,35,37,39). The molecule has 6 nitrogen and oxygen atoms in total. The molecule has 4 aromatic carbocycles. The summed E-state index contributed by atoms with van der Waals surface area (Å²) in [5.74, 6) is -0.302. The van der Waals surface area contributed by atoms with E-state index >= 15 is 0 Å². The molecule has 0 aliphatic heterocycles. The minimum Gasteiger partial charge on any atom is -0.361 e. The number of para-hydroxylation sites is 2. The van der Waals surface area contributed by atoms with Crippen molar-refractivity contribution in [3.05, 3.63) is 137 Å². The zero-order chi connectivity index (χ0) is 26.8. The molecule has 6 aromatic rings. The summed E-state index contributed by atoms with van der Waals surface area (Å²) in [7, 11) is 0. The maximum Gasteiger partial charge on any atom is 0.269 e. The van der Waals surface area contributed by atoms with Gasteiger partial charge in [0.2, 0.25) is 0 Å². The van der Waals surface area contributed by atoms with E-state index in [2.05, 4.69) is 74.9 Å². The summed E-state index contributed by atoms with van der Waals surface area (Å²) in [5, 5.41) is 5.72. The lowest BCUT2D eigenvalue weighted by Crippen LogP contribution is -2.43. The Bertz CT molecular complexity index is 1710. The monoisotopic (exact) mass is 529 g/mol. The summed E-state index contributed by atoms with van der Waals surface area (Å²) in [6.45, 7) is 2.02. The normalized spacial score (nSPS) is 11.1. The van der Waals surface area contributed by atoms with E-state index in [1.54, 1.807) is 0 Å². The second-order valence-electron chi connectivity index (χ2n) is 9.53. The van der Waals surface area contributed by atoms with Crippen LogP contribution in [-0.2, 0) is 0 Å². The Kier molecular flexibility index (Phi) is 6.57. The maximum absolute atomic E-state index is 12.9. The number of hydrazine groups is 1. The quantitative estimate of drug-likeness (QED) is 0.126.